The molecule has 5 rings (SSSR count). The predicted octanol–water partition coefficient (Wildman–Crippen LogP) is 4.61. The number of aliphatic imine (C=N–C) groups is 1. The maximum absolute atomic E-state index is 5.08. The van der Waals surface area contributed by atoms with Crippen LogP contribution in [0.3, 0.4) is 0 Å². The number of hydrogen-bond donors (Lipinski definition) is 0. The van der Waals surface area contributed by atoms with Crippen molar-refractivity contribution < 1.29 is 0 Å². The lowest BCUT2D eigenvalue weighted by molar-refractivity contribution is 0.404. The van der Waals surface area contributed by atoms with E-state index in [9.17, 15) is 0 Å². The monoisotopic (exact) mass is 310 g/mol. The third kappa shape index (κ3) is 2.11. The number of benzene rings is 3. The Balaban J connectivity index is 1.58. The Bertz CT molecular complexity index is 872. The van der Waals surface area contributed by atoms with Crippen LogP contribution in [-0.2, 0) is 0 Å². The van der Waals surface area contributed by atoms with Crippen molar-refractivity contribution in [2.24, 2.45) is 4.99 Å². The lowest BCUT2D eigenvalue weighted by Gasteiger charge is -2.14. The zero-order valence-corrected chi connectivity index (χ0v) is 13.3. The van der Waals surface area contributed by atoms with Gasteiger partial charge in [-0.1, -0.05) is 91.0 Å². The molecule has 1 unspecified atom stereocenters. The summed E-state index contributed by atoms with van der Waals surface area (Å²) >= 11 is 0. The Morgan fingerprint density at radius 2 is 1.12 bits per heavy atom. The second-order valence-corrected chi connectivity index (χ2v) is 6.41. The molecule has 2 nitrogen and oxygen atoms in total. The van der Waals surface area contributed by atoms with E-state index in [1.807, 2.05) is 0 Å². The normalized spacial score (nSPS) is 27.4. The van der Waals surface area contributed by atoms with Gasteiger partial charge in [0.2, 0.25) is 0 Å². The molecule has 0 aliphatic carbocycles. The van der Waals surface area contributed by atoms with Gasteiger partial charge in [-0.05, 0) is 16.7 Å². The van der Waals surface area contributed by atoms with Gasteiger partial charge in [-0.15, -0.1) is 0 Å². The molecule has 0 spiro atoms. The first-order chi connectivity index (χ1) is 11.9. The van der Waals surface area contributed by atoms with E-state index in [0.717, 1.165) is 0 Å². The Kier molecular flexibility index (Phi) is 3.10. The van der Waals surface area contributed by atoms with Crippen LogP contribution in [-0.4, -0.2) is 16.7 Å². The summed E-state index contributed by atoms with van der Waals surface area (Å²) in [7, 11) is 0. The average molecular weight is 310 g/mol. The molecule has 2 aliphatic heterocycles. The molecule has 0 radical (unpaired) electrons. The predicted molar refractivity (Wildman–Crippen MR) is 97.0 cm³/mol. The van der Waals surface area contributed by atoms with E-state index in [2.05, 4.69) is 95.9 Å². The first-order valence-corrected chi connectivity index (χ1v) is 8.44. The summed E-state index contributed by atoms with van der Waals surface area (Å²) in [6, 6.07) is 32.8. The lowest BCUT2D eigenvalue weighted by Crippen LogP contribution is -2.08. The van der Waals surface area contributed by atoms with Crippen molar-refractivity contribution in [3.05, 3.63) is 108 Å². The SMILES string of the molecule is c1ccc(C2=N[C@@H](c3ccccc3)N3[C@H]2[C@@H]3c2ccccc2)cc1. The number of rotatable bonds is 3. The minimum absolute atomic E-state index is 0.122. The van der Waals surface area contributed by atoms with Gasteiger partial charge in [-0.2, -0.15) is 0 Å². The lowest BCUT2D eigenvalue weighted by atomic mass is 10.0. The van der Waals surface area contributed by atoms with Gasteiger partial charge in [0.1, 0.15) is 6.17 Å². The topological polar surface area (TPSA) is 15.4 Å². The molecule has 1 fully saturated rings. The van der Waals surface area contributed by atoms with Crippen LogP contribution in [0.1, 0.15) is 28.9 Å². The van der Waals surface area contributed by atoms with Gasteiger partial charge in [-0.25, -0.2) is 0 Å². The summed E-state index contributed by atoms with van der Waals surface area (Å²) in [5, 5.41) is 0. The van der Waals surface area contributed by atoms with E-state index in [0.29, 0.717) is 12.1 Å². The zero-order valence-electron chi connectivity index (χ0n) is 13.3. The fourth-order valence-electron chi connectivity index (χ4n) is 3.85. The zero-order chi connectivity index (χ0) is 15.9. The van der Waals surface area contributed by atoms with E-state index in [4.69, 9.17) is 4.99 Å². The van der Waals surface area contributed by atoms with E-state index >= 15 is 0 Å². The summed E-state index contributed by atoms with van der Waals surface area (Å²) in [6.45, 7) is 0. The van der Waals surface area contributed by atoms with Crippen molar-refractivity contribution in [1.29, 1.82) is 0 Å². The molecule has 24 heavy (non-hydrogen) atoms. The summed E-state index contributed by atoms with van der Waals surface area (Å²) < 4.78 is 0. The van der Waals surface area contributed by atoms with Crippen LogP contribution in [0, 0.1) is 0 Å². The van der Waals surface area contributed by atoms with E-state index in [1.54, 1.807) is 0 Å². The third-order valence-electron chi connectivity index (χ3n) is 4.98. The number of nitrogens with zero attached hydrogens (tertiary/aromatic N) is 2. The maximum Gasteiger partial charge on any atom is 0.129 e. The fraction of sp³-hybridized carbons (Fsp3) is 0.136. The van der Waals surface area contributed by atoms with Crippen molar-refractivity contribution in [1.82, 2.24) is 4.90 Å². The molecule has 0 saturated carbocycles. The molecule has 2 heteroatoms. The highest BCUT2D eigenvalue weighted by Crippen LogP contribution is 2.55. The molecule has 3 aromatic rings. The van der Waals surface area contributed by atoms with E-state index in [1.165, 1.54) is 22.4 Å². The fourth-order valence-corrected chi connectivity index (χ4v) is 3.85. The van der Waals surface area contributed by atoms with Crippen LogP contribution < -0.4 is 0 Å². The van der Waals surface area contributed by atoms with Crippen molar-refractivity contribution in [3.8, 4) is 0 Å². The molecule has 2 aliphatic rings. The Labute approximate surface area is 142 Å². The van der Waals surface area contributed by atoms with Crippen molar-refractivity contribution in [3.63, 3.8) is 0 Å². The Morgan fingerprint density at radius 3 is 1.75 bits per heavy atom. The van der Waals surface area contributed by atoms with Gasteiger partial charge >= 0.3 is 0 Å². The molecule has 116 valence electrons. The smallest absolute Gasteiger partial charge is 0.129 e. The quantitative estimate of drug-likeness (QED) is 0.645. The van der Waals surface area contributed by atoms with Gasteiger partial charge in [0.05, 0.1) is 17.8 Å². The molecule has 4 atom stereocenters. The molecule has 1 saturated heterocycles. The summed E-state index contributed by atoms with van der Waals surface area (Å²) in [5.74, 6) is 0. The summed E-state index contributed by atoms with van der Waals surface area (Å²) in [6.07, 6.45) is 0.122. The van der Waals surface area contributed by atoms with E-state index < -0.39 is 0 Å². The van der Waals surface area contributed by atoms with Crippen LogP contribution >= 0.6 is 0 Å². The molecular weight excluding hydrogens is 292 g/mol. The number of hydrogen-bond acceptors (Lipinski definition) is 2. The average Bonchev–Trinajstić information content (AvgIpc) is 3.28. The third-order valence-corrected chi connectivity index (χ3v) is 4.98. The minimum atomic E-state index is 0.122. The van der Waals surface area contributed by atoms with Crippen molar-refractivity contribution in [2.75, 3.05) is 0 Å². The first kappa shape index (κ1) is 13.7. The molecule has 0 N–H and O–H groups in total. The van der Waals surface area contributed by atoms with Gasteiger partial charge < -0.3 is 0 Å². The van der Waals surface area contributed by atoms with Gasteiger partial charge in [0.25, 0.3) is 0 Å². The van der Waals surface area contributed by atoms with Gasteiger partial charge in [-0.3, -0.25) is 9.89 Å². The Hall–Kier alpha value is -2.71. The second-order valence-electron chi connectivity index (χ2n) is 6.41. The maximum atomic E-state index is 5.08. The van der Waals surface area contributed by atoms with Gasteiger partial charge in [0.15, 0.2) is 0 Å². The standard InChI is InChI=1S/C22H18N2/c1-4-10-16(11-5-1)19-21-20(17-12-6-2-7-13-17)24(21)22(23-19)18-14-8-3-9-15-18/h1-15,20-22H/t20-,21+,22+,24?/m0/s1. The van der Waals surface area contributed by atoms with Crippen molar-refractivity contribution in [2.45, 2.75) is 18.2 Å². The van der Waals surface area contributed by atoms with Crippen molar-refractivity contribution >= 4 is 5.71 Å². The molecule has 0 aromatic heterocycles. The van der Waals surface area contributed by atoms with Crippen LogP contribution in [0.5, 0.6) is 0 Å². The molecule has 3 aromatic carbocycles. The molecule has 0 amide bonds. The van der Waals surface area contributed by atoms with Crippen LogP contribution in [0.4, 0.5) is 0 Å². The Morgan fingerprint density at radius 1 is 0.583 bits per heavy atom. The highest BCUT2D eigenvalue weighted by molar-refractivity contribution is 6.08. The van der Waals surface area contributed by atoms with Crippen LogP contribution in [0.25, 0.3) is 0 Å². The summed E-state index contributed by atoms with van der Waals surface area (Å²) in [5.41, 5.74) is 5.11. The van der Waals surface area contributed by atoms with Gasteiger partial charge in [0, 0.05) is 0 Å². The largest absolute Gasteiger partial charge is 0.263 e. The van der Waals surface area contributed by atoms with E-state index in [-0.39, 0.29) is 6.17 Å². The highest BCUT2D eigenvalue weighted by Gasteiger charge is 2.59. The minimum Gasteiger partial charge on any atom is -0.263 e. The molecule has 2 heterocycles. The summed E-state index contributed by atoms with van der Waals surface area (Å²) in [4.78, 5) is 7.60. The van der Waals surface area contributed by atoms with Crippen LogP contribution in [0.15, 0.2) is 96.0 Å². The molecule has 0 bridgehead atoms. The highest BCUT2D eigenvalue weighted by atomic mass is 15.5. The van der Waals surface area contributed by atoms with Crippen LogP contribution in [0.2, 0.25) is 0 Å². The first-order valence-electron chi connectivity index (χ1n) is 8.44. The molecular formula is C22H18N2. The second kappa shape index (κ2) is 5.43. The number of fused-ring (bicyclic) bond motifs is 1.